The molecule has 3 heterocycles. The highest BCUT2D eigenvalue weighted by Crippen LogP contribution is 2.37. The standard InChI is InChI=1S/C29H27N3O3/c33-28-32(24-14-8-3-9-15-24)21-29(35-28)16-18-31(19-17-29)20-25-26(22-10-4-1-5-11-22)34-27(30-25)23-12-6-2-7-13-23/h1-15H,16-21H2. The largest absolute Gasteiger partial charge is 0.441 e. The van der Waals surface area contributed by atoms with Crippen LogP contribution in [0.25, 0.3) is 22.8 Å². The number of rotatable bonds is 5. The van der Waals surface area contributed by atoms with Gasteiger partial charge in [0.15, 0.2) is 5.76 Å². The molecule has 6 rings (SSSR count). The molecule has 1 amide bonds. The lowest BCUT2D eigenvalue weighted by molar-refractivity contribution is -0.00119. The van der Waals surface area contributed by atoms with Gasteiger partial charge in [-0.1, -0.05) is 66.7 Å². The van der Waals surface area contributed by atoms with Crippen LogP contribution in [0.2, 0.25) is 0 Å². The summed E-state index contributed by atoms with van der Waals surface area (Å²) in [6, 6.07) is 29.9. The first-order chi connectivity index (χ1) is 17.2. The minimum absolute atomic E-state index is 0.250. The van der Waals surface area contributed by atoms with Crippen LogP contribution < -0.4 is 4.90 Å². The number of amides is 1. The topological polar surface area (TPSA) is 58.8 Å². The molecule has 3 aromatic carbocycles. The Kier molecular flexibility index (Phi) is 5.58. The zero-order chi connectivity index (χ0) is 23.7. The Labute approximate surface area is 204 Å². The lowest BCUT2D eigenvalue weighted by Gasteiger charge is -2.37. The van der Waals surface area contributed by atoms with Crippen LogP contribution in [0.15, 0.2) is 95.4 Å². The second-order valence-electron chi connectivity index (χ2n) is 9.28. The van der Waals surface area contributed by atoms with Gasteiger partial charge in [-0.25, -0.2) is 9.78 Å². The van der Waals surface area contributed by atoms with E-state index in [1.54, 1.807) is 4.90 Å². The van der Waals surface area contributed by atoms with Crippen LogP contribution in [-0.2, 0) is 11.3 Å². The van der Waals surface area contributed by atoms with Crippen molar-refractivity contribution in [1.82, 2.24) is 9.88 Å². The molecule has 0 saturated carbocycles. The summed E-state index contributed by atoms with van der Waals surface area (Å²) in [5.74, 6) is 1.45. The van der Waals surface area contributed by atoms with Gasteiger partial charge in [-0.15, -0.1) is 0 Å². The number of aromatic nitrogens is 1. The zero-order valence-electron chi connectivity index (χ0n) is 19.5. The average molecular weight is 466 g/mol. The molecule has 0 atom stereocenters. The summed E-state index contributed by atoms with van der Waals surface area (Å²) < 4.78 is 12.2. The Bertz CT molecular complexity index is 1300. The molecule has 0 radical (unpaired) electrons. The minimum Gasteiger partial charge on any atom is -0.441 e. The van der Waals surface area contributed by atoms with E-state index in [0.29, 0.717) is 19.0 Å². The highest BCUT2D eigenvalue weighted by atomic mass is 16.6. The van der Waals surface area contributed by atoms with E-state index in [-0.39, 0.29) is 6.09 Å². The molecule has 2 aliphatic rings. The molecule has 2 fully saturated rings. The molecular formula is C29H27N3O3. The summed E-state index contributed by atoms with van der Waals surface area (Å²) in [4.78, 5) is 21.7. The third kappa shape index (κ3) is 4.33. The van der Waals surface area contributed by atoms with Crippen molar-refractivity contribution in [1.29, 1.82) is 0 Å². The molecular weight excluding hydrogens is 438 g/mol. The number of ether oxygens (including phenoxy) is 1. The summed E-state index contributed by atoms with van der Waals surface area (Å²) in [6.07, 6.45) is 1.35. The van der Waals surface area contributed by atoms with Gasteiger partial charge in [-0.2, -0.15) is 0 Å². The van der Waals surface area contributed by atoms with Crippen molar-refractivity contribution in [2.45, 2.75) is 25.0 Å². The number of carbonyl (C=O) groups is 1. The van der Waals surface area contributed by atoms with E-state index in [0.717, 1.165) is 54.2 Å². The number of oxazole rings is 1. The molecule has 6 nitrogen and oxygen atoms in total. The van der Waals surface area contributed by atoms with Gasteiger partial charge < -0.3 is 9.15 Å². The van der Waals surface area contributed by atoms with Crippen molar-refractivity contribution < 1.29 is 13.9 Å². The van der Waals surface area contributed by atoms with Crippen LogP contribution in [0.4, 0.5) is 10.5 Å². The number of benzene rings is 3. The Hall–Kier alpha value is -3.90. The molecule has 2 saturated heterocycles. The Morgan fingerprint density at radius 2 is 1.40 bits per heavy atom. The third-order valence-electron chi connectivity index (χ3n) is 6.93. The number of anilines is 1. The summed E-state index contributed by atoms with van der Waals surface area (Å²) in [7, 11) is 0. The minimum atomic E-state index is -0.426. The van der Waals surface area contributed by atoms with Crippen LogP contribution in [0, 0.1) is 0 Å². The lowest BCUT2D eigenvalue weighted by Crippen LogP contribution is -2.46. The monoisotopic (exact) mass is 465 g/mol. The predicted octanol–water partition coefficient (Wildman–Crippen LogP) is 6.00. The number of hydrogen-bond acceptors (Lipinski definition) is 5. The zero-order valence-corrected chi connectivity index (χ0v) is 19.5. The molecule has 4 aromatic rings. The molecule has 176 valence electrons. The van der Waals surface area contributed by atoms with E-state index < -0.39 is 5.60 Å². The van der Waals surface area contributed by atoms with E-state index in [1.807, 2.05) is 78.9 Å². The normalized spacial score (nSPS) is 17.6. The van der Waals surface area contributed by atoms with Gasteiger partial charge in [0.1, 0.15) is 11.3 Å². The Morgan fingerprint density at radius 3 is 2.06 bits per heavy atom. The maximum Gasteiger partial charge on any atom is 0.415 e. The van der Waals surface area contributed by atoms with E-state index in [9.17, 15) is 4.79 Å². The first-order valence-electron chi connectivity index (χ1n) is 12.1. The highest BCUT2D eigenvalue weighted by Gasteiger charge is 2.47. The van der Waals surface area contributed by atoms with Crippen LogP contribution in [-0.4, -0.2) is 41.2 Å². The number of para-hydroxylation sites is 1. The first-order valence-corrected chi connectivity index (χ1v) is 12.1. The smallest absolute Gasteiger partial charge is 0.415 e. The van der Waals surface area contributed by atoms with E-state index in [4.69, 9.17) is 14.1 Å². The lowest BCUT2D eigenvalue weighted by atomic mass is 9.91. The molecule has 6 heteroatoms. The molecule has 1 aromatic heterocycles. The first kappa shape index (κ1) is 21.6. The Balaban J connectivity index is 1.19. The second kappa shape index (κ2) is 9.04. The fourth-order valence-electron chi connectivity index (χ4n) is 5.00. The summed E-state index contributed by atoms with van der Waals surface area (Å²) in [5, 5.41) is 0. The summed E-state index contributed by atoms with van der Waals surface area (Å²) in [6.45, 7) is 2.95. The molecule has 2 aliphatic heterocycles. The van der Waals surface area contributed by atoms with Crippen molar-refractivity contribution in [2.75, 3.05) is 24.5 Å². The second-order valence-corrected chi connectivity index (χ2v) is 9.28. The predicted molar refractivity (Wildman–Crippen MR) is 135 cm³/mol. The van der Waals surface area contributed by atoms with Gasteiger partial charge >= 0.3 is 6.09 Å². The fourth-order valence-corrected chi connectivity index (χ4v) is 5.00. The number of likely N-dealkylation sites (tertiary alicyclic amines) is 1. The van der Waals surface area contributed by atoms with Gasteiger partial charge in [-0.3, -0.25) is 9.80 Å². The molecule has 1 spiro atoms. The van der Waals surface area contributed by atoms with Crippen molar-refractivity contribution in [2.24, 2.45) is 0 Å². The number of hydrogen-bond donors (Lipinski definition) is 0. The van der Waals surface area contributed by atoms with E-state index >= 15 is 0 Å². The molecule has 35 heavy (non-hydrogen) atoms. The summed E-state index contributed by atoms with van der Waals surface area (Å²) >= 11 is 0. The van der Waals surface area contributed by atoms with Crippen LogP contribution in [0.3, 0.4) is 0 Å². The maximum absolute atomic E-state index is 12.6. The van der Waals surface area contributed by atoms with Gasteiger partial charge in [0, 0.05) is 49.3 Å². The summed E-state index contributed by atoms with van der Waals surface area (Å²) in [5.41, 5.74) is 3.38. The van der Waals surface area contributed by atoms with Crippen molar-refractivity contribution in [3.05, 3.63) is 96.7 Å². The average Bonchev–Trinajstić information content (AvgIpc) is 3.48. The van der Waals surface area contributed by atoms with Crippen LogP contribution >= 0.6 is 0 Å². The Morgan fingerprint density at radius 1 is 0.800 bits per heavy atom. The maximum atomic E-state index is 12.6. The number of piperidine rings is 1. The quantitative estimate of drug-likeness (QED) is 0.362. The molecule has 0 aliphatic carbocycles. The number of nitrogens with zero attached hydrogens (tertiary/aromatic N) is 3. The molecule has 0 N–H and O–H groups in total. The van der Waals surface area contributed by atoms with Gasteiger partial charge in [0.2, 0.25) is 5.89 Å². The van der Waals surface area contributed by atoms with Gasteiger partial charge in [-0.05, 0) is 24.3 Å². The van der Waals surface area contributed by atoms with Gasteiger partial charge in [0.25, 0.3) is 0 Å². The van der Waals surface area contributed by atoms with Crippen molar-refractivity contribution in [3.8, 4) is 22.8 Å². The molecule has 0 unspecified atom stereocenters. The number of carbonyl (C=O) groups excluding carboxylic acids is 1. The SMILES string of the molecule is O=C1OC2(CCN(Cc3nc(-c4ccccc4)oc3-c3ccccc3)CC2)CN1c1ccccc1. The third-order valence-corrected chi connectivity index (χ3v) is 6.93. The molecule has 0 bridgehead atoms. The highest BCUT2D eigenvalue weighted by molar-refractivity contribution is 5.90. The van der Waals surface area contributed by atoms with Crippen LogP contribution in [0.5, 0.6) is 0 Å². The fraction of sp³-hybridized carbons (Fsp3) is 0.241. The van der Waals surface area contributed by atoms with Gasteiger partial charge in [0.05, 0.1) is 6.54 Å². The van der Waals surface area contributed by atoms with Crippen LogP contribution in [0.1, 0.15) is 18.5 Å². The van der Waals surface area contributed by atoms with Crippen molar-refractivity contribution in [3.63, 3.8) is 0 Å². The van der Waals surface area contributed by atoms with E-state index in [2.05, 4.69) is 17.0 Å². The van der Waals surface area contributed by atoms with E-state index in [1.165, 1.54) is 0 Å². The van der Waals surface area contributed by atoms with Crippen molar-refractivity contribution >= 4 is 11.8 Å².